The van der Waals surface area contributed by atoms with Crippen LogP contribution in [0.5, 0.6) is 0 Å². The highest BCUT2D eigenvalue weighted by Gasteiger charge is 2.21. The number of carbonyl (C=O) groups excluding carboxylic acids is 2. The Morgan fingerprint density at radius 1 is 1.31 bits per heavy atom. The van der Waals surface area contributed by atoms with E-state index in [0.717, 1.165) is 16.5 Å². The van der Waals surface area contributed by atoms with Gasteiger partial charge in [0.2, 0.25) is 0 Å². The lowest BCUT2D eigenvalue weighted by molar-refractivity contribution is -0.141. The minimum Gasteiger partial charge on any atom is -0.469 e. The number of nitrogens with one attached hydrogen (secondary N) is 1. The number of methoxy groups -OCH3 is 1. The van der Waals surface area contributed by atoms with Crippen LogP contribution in [0.1, 0.15) is 41.9 Å². The topological polar surface area (TPSA) is 90.3 Å². The smallest absolute Gasteiger partial charge is 0.307 e. The van der Waals surface area contributed by atoms with Crippen molar-refractivity contribution in [2.75, 3.05) is 7.11 Å². The van der Waals surface area contributed by atoms with Crippen molar-refractivity contribution in [3.8, 4) is 0 Å². The number of nitrogens with zero attached hydrogens (tertiary/aromatic N) is 2. The molecular formula is C18H20BrN3O4. The van der Waals surface area contributed by atoms with Gasteiger partial charge in [0.05, 0.1) is 19.6 Å². The van der Waals surface area contributed by atoms with Crippen molar-refractivity contribution in [1.29, 1.82) is 0 Å². The molecule has 8 heteroatoms. The molecule has 1 N–H and O–H groups in total. The van der Waals surface area contributed by atoms with Gasteiger partial charge < -0.3 is 10.1 Å². The van der Waals surface area contributed by atoms with E-state index in [1.807, 2.05) is 31.2 Å². The van der Waals surface area contributed by atoms with Gasteiger partial charge in [-0.3, -0.25) is 14.4 Å². The molecule has 0 radical (unpaired) electrons. The van der Waals surface area contributed by atoms with Crippen LogP contribution in [0.2, 0.25) is 0 Å². The van der Waals surface area contributed by atoms with Crippen molar-refractivity contribution in [2.24, 2.45) is 0 Å². The van der Waals surface area contributed by atoms with Gasteiger partial charge in [-0.05, 0) is 30.2 Å². The molecule has 1 amide bonds. The molecule has 138 valence electrons. The van der Waals surface area contributed by atoms with E-state index in [-0.39, 0.29) is 17.7 Å². The Labute approximate surface area is 159 Å². The third kappa shape index (κ3) is 5.26. The number of hydrogen-bond donors (Lipinski definition) is 1. The van der Waals surface area contributed by atoms with E-state index in [9.17, 15) is 14.4 Å². The molecule has 0 saturated carbocycles. The average molecular weight is 422 g/mol. The van der Waals surface area contributed by atoms with Crippen molar-refractivity contribution in [3.05, 3.63) is 62.5 Å². The lowest BCUT2D eigenvalue weighted by Crippen LogP contribution is -2.33. The quantitative estimate of drug-likeness (QED) is 0.693. The van der Waals surface area contributed by atoms with Crippen LogP contribution in [0.3, 0.4) is 0 Å². The van der Waals surface area contributed by atoms with Gasteiger partial charge in [0.15, 0.2) is 0 Å². The molecule has 7 nitrogen and oxygen atoms in total. The maximum Gasteiger partial charge on any atom is 0.307 e. The van der Waals surface area contributed by atoms with Gasteiger partial charge in [-0.25, -0.2) is 4.68 Å². The molecule has 0 saturated heterocycles. The van der Waals surface area contributed by atoms with E-state index >= 15 is 0 Å². The van der Waals surface area contributed by atoms with Gasteiger partial charge in [0.1, 0.15) is 5.69 Å². The van der Waals surface area contributed by atoms with Crippen LogP contribution in [0, 0.1) is 0 Å². The average Bonchev–Trinajstić information content (AvgIpc) is 2.62. The molecule has 1 heterocycles. The SMILES string of the molecule is CCCn1nc(C(=O)NC(CC(=O)OC)c2cccc(Br)c2)ccc1=O. The van der Waals surface area contributed by atoms with Crippen LogP contribution in [0.25, 0.3) is 0 Å². The fourth-order valence-electron chi connectivity index (χ4n) is 2.40. The summed E-state index contributed by atoms with van der Waals surface area (Å²) >= 11 is 3.38. The number of aryl methyl sites for hydroxylation is 1. The van der Waals surface area contributed by atoms with Gasteiger partial charge in [-0.2, -0.15) is 5.10 Å². The highest BCUT2D eigenvalue weighted by molar-refractivity contribution is 9.10. The monoisotopic (exact) mass is 421 g/mol. The highest BCUT2D eigenvalue weighted by Crippen LogP contribution is 2.21. The first kappa shape index (κ1) is 19.8. The summed E-state index contributed by atoms with van der Waals surface area (Å²) in [6.07, 6.45) is 0.703. The van der Waals surface area contributed by atoms with E-state index < -0.39 is 17.9 Å². The third-order valence-electron chi connectivity index (χ3n) is 3.69. The second-order valence-corrected chi connectivity index (χ2v) is 6.56. The van der Waals surface area contributed by atoms with Crippen LogP contribution in [-0.4, -0.2) is 28.8 Å². The maximum absolute atomic E-state index is 12.6. The molecule has 0 fully saturated rings. The number of esters is 1. The van der Waals surface area contributed by atoms with Crippen LogP contribution in [0.4, 0.5) is 0 Å². The fraction of sp³-hybridized carbons (Fsp3) is 0.333. The Kier molecular flexibility index (Phi) is 7.08. The molecule has 26 heavy (non-hydrogen) atoms. The van der Waals surface area contributed by atoms with Crippen molar-refractivity contribution in [1.82, 2.24) is 15.1 Å². The summed E-state index contributed by atoms with van der Waals surface area (Å²) in [5.74, 6) is -0.914. The minimum absolute atomic E-state index is 0.0205. The zero-order valence-corrected chi connectivity index (χ0v) is 16.2. The Morgan fingerprint density at radius 3 is 2.73 bits per heavy atom. The van der Waals surface area contributed by atoms with E-state index in [2.05, 4.69) is 26.3 Å². The molecule has 2 rings (SSSR count). The van der Waals surface area contributed by atoms with E-state index in [0.29, 0.717) is 6.54 Å². The molecule has 1 atom stereocenters. The van der Waals surface area contributed by atoms with Gasteiger partial charge >= 0.3 is 5.97 Å². The number of halogens is 1. The summed E-state index contributed by atoms with van der Waals surface area (Å²) in [6.45, 7) is 2.34. The molecule has 0 aliphatic rings. The zero-order valence-electron chi connectivity index (χ0n) is 14.6. The first-order valence-corrected chi connectivity index (χ1v) is 8.95. The Hall–Kier alpha value is -2.48. The predicted molar refractivity (Wildman–Crippen MR) is 99.8 cm³/mol. The Morgan fingerprint density at radius 2 is 2.08 bits per heavy atom. The number of amides is 1. The Balaban J connectivity index is 2.27. The lowest BCUT2D eigenvalue weighted by Gasteiger charge is -2.18. The summed E-state index contributed by atoms with van der Waals surface area (Å²) in [5.41, 5.74) is 0.601. The number of carbonyl (C=O) groups is 2. The van der Waals surface area contributed by atoms with Crippen LogP contribution in [-0.2, 0) is 16.1 Å². The van der Waals surface area contributed by atoms with Crippen LogP contribution >= 0.6 is 15.9 Å². The van der Waals surface area contributed by atoms with Gasteiger partial charge in [-0.1, -0.05) is 35.0 Å². The number of aromatic nitrogens is 2. The maximum atomic E-state index is 12.6. The van der Waals surface area contributed by atoms with Crippen molar-refractivity contribution < 1.29 is 14.3 Å². The first-order chi connectivity index (χ1) is 12.4. The summed E-state index contributed by atoms with van der Waals surface area (Å²) in [5, 5.41) is 6.88. The molecule has 0 bridgehead atoms. The second kappa shape index (κ2) is 9.28. The van der Waals surface area contributed by atoms with Gasteiger partial charge in [0.25, 0.3) is 11.5 Å². The minimum atomic E-state index is -0.583. The standard InChI is InChI=1S/C18H20BrN3O4/c1-3-9-22-16(23)8-7-14(21-22)18(25)20-15(11-17(24)26-2)12-5-4-6-13(19)10-12/h4-8,10,15H,3,9,11H2,1-2H3,(H,20,25). The summed E-state index contributed by atoms with van der Waals surface area (Å²) in [4.78, 5) is 36.1. The van der Waals surface area contributed by atoms with Gasteiger partial charge in [0, 0.05) is 17.1 Å². The molecule has 2 aromatic rings. The van der Waals surface area contributed by atoms with E-state index in [1.54, 1.807) is 0 Å². The highest BCUT2D eigenvalue weighted by atomic mass is 79.9. The molecular weight excluding hydrogens is 402 g/mol. The summed E-state index contributed by atoms with van der Waals surface area (Å²) in [7, 11) is 1.30. The summed E-state index contributed by atoms with van der Waals surface area (Å²) in [6, 6.07) is 9.40. The number of ether oxygens (including phenoxy) is 1. The molecule has 1 unspecified atom stereocenters. The van der Waals surface area contributed by atoms with E-state index in [4.69, 9.17) is 4.74 Å². The third-order valence-corrected chi connectivity index (χ3v) is 4.18. The van der Waals surface area contributed by atoms with Crippen LogP contribution < -0.4 is 10.9 Å². The number of hydrogen-bond acceptors (Lipinski definition) is 5. The molecule has 1 aromatic heterocycles. The van der Waals surface area contributed by atoms with Crippen molar-refractivity contribution in [3.63, 3.8) is 0 Å². The number of rotatable bonds is 7. The first-order valence-electron chi connectivity index (χ1n) is 8.16. The number of benzene rings is 1. The fourth-order valence-corrected chi connectivity index (χ4v) is 2.82. The van der Waals surface area contributed by atoms with E-state index in [1.165, 1.54) is 23.9 Å². The predicted octanol–water partition coefficient (Wildman–Crippen LogP) is 2.45. The summed E-state index contributed by atoms with van der Waals surface area (Å²) < 4.78 is 6.80. The van der Waals surface area contributed by atoms with Crippen molar-refractivity contribution in [2.45, 2.75) is 32.4 Å². The largest absolute Gasteiger partial charge is 0.469 e. The van der Waals surface area contributed by atoms with Crippen molar-refractivity contribution >= 4 is 27.8 Å². The normalized spacial score (nSPS) is 11.7. The Bertz CT molecular complexity index is 850. The second-order valence-electron chi connectivity index (χ2n) is 5.64. The molecule has 0 aliphatic carbocycles. The van der Waals surface area contributed by atoms with Gasteiger partial charge in [-0.15, -0.1) is 0 Å². The molecule has 0 spiro atoms. The zero-order chi connectivity index (χ0) is 19.1. The molecule has 1 aromatic carbocycles. The lowest BCUT2D eigenvalue weighted by atomic mass is 10.0. The molecule has 0 aliphatic heterocycles. The van der Waals surface area contributed by atoms with Crippen LogP contribution in [0.15, 0.2) is 45.7 Å².